The van der Waals surface area contributed by atoms with Crippen molar-refractivity contribution in [1.29, 1.82) is 0 Å². The Balaban J connectivity index is 1.63. The van der Waals surface area contributed by atoms with Crippen LogP contribution in [-0.4, -0.2) is 39.8 Å². The molecule has 6 nitrogen and oxygen atoms in total. The van der Waals surface area contributed by atoms with Crippen LogP contribution in [0.5, 0.6) is 0 Å². The molecule has 3 heterocycles. The molecule has 164 valence electrons. The minimum absolute atomic E-state index is 0.0181. The lowest BCUT2D eigenvalue weighted by Gasteiger charge is -2.38. The molecule has 0 saturated carbocycles. The quantitative estimate of drug-likeness (QED) is 0.716. The smallest absolute Gasteiger partial charge is 0.249 e. The van der Waals surface area contributed by atoms with E-state index in [1.54, 1.807) is 4.68 Å². The number of nitrogens with zero attached hydrogens (tertiary/aromatic N) is 4. The maximum absolute atomic E-state index is 13.4. The number of piperidine rings is 1. The minimum atomic E-state index is -4.73. The Labute approximate surface area is 174 Å². The topological polar surface area (TPSA) is 68.1 Å². The molecule has 1 aromatic carbocycles. The van der Waals surface area contributed by atoms with E-state index in [0.717, 1.165) is 17.8 Å². The highest BCUT2D eigenvalue weighted by atomic mass is 32.2. The van der Waals surface area contributed by atoms with Crippen molar-refractivity contribution in [3.63, 3.8) is 0 Å². The van der Waals surface area contributed by atoms with Gasteiger partial charge in [-0.1, -0.05) is 38.1 Å². The first-order valence-electron chi connectivity index (χ1n) is 10.0. The predicted molar refractivity (Wildman–Crippen MR) is 104 cm³/mol. The van der Waals surface area contributed by atoms with E-state index in [-0.39, 0.29) is 23.5 Å². The number of fused-ring (bicyclic) bond motifs is 2. The Hall–Kier alpha value is -1.94. The highest BCUT2D eigenvalue weighted by Crippen LogP contribution is 2.45. The summed E-state index contributed by atoms with van der Waals surface area (Å²) in [5.74, 6) is 0. The van der Waals surface area contributed by atoms with E-state index >= 15 is 0 Å². The van der Waals surface area contributed by atoms with E-state index in [4.69, 9.17) is 0 Å². The summed E-state index contributed by atoms with van der Waals surface area (Å²) in [6.07, 6.45) is -0.545. The van der Waals surface area contributed by atoms with Gasteiger partial charge in [0, 0.05) is 23.7 Å². The number of hydrogen-bond donors (Lipinski definition) is 0. The highest BCUT2D eigenvalue weighted by molar-refractivity contribution is 7.89. The zero-order valence-corrected chi connectivity index (χ0v) is 17.9. The molecule has 0 spiro atoms. The maximum atomic E-state index is 13.4. The SMILES string of the molecule is CC(C)(C)c1cn(C2CC3CCC(C2)N3S(=O)(=O)c2ccccc2C(F)(F)F)nn1. The molecule has 2 saturated heterocycles. The van der Waals surface area contributed by atoms with Gasteiger partial charge in [0.1, 0.15) is 0 Å². The minimum Gasteiger partial charge on any atom is -0.249 e. The molecule has 2 atom stereocenters. The van der Waals surface area contributed by atoms with Crippen molar-refractivity contribution in [1.82, 2.24) is 19.3 Å². The van der Waals surface area contributed by atoms with Crippen LogP contribution in [0.3, 0.4) is 0 Å². The van der Waals surface area contributed by atoms with Gasteiger partial charge < -0.3 is 0 Å². The second kappa shape index (κ2) is 7.05. The molecule has 2 aliphatic rings. The van der Waals surface area contributed by atoms with Crippen molar-refractivity contribution in [2.75, 3.05) is 0 Å². The lowest BCUT2D eigenvalue weighted by Crippen LogP contribution is -2.47. The summed E-state index contributed by atoms with van der Waals surface area (Å²) in [4.78, 5) is -0.663. The summed E-state index contributed by atoms with van der Waals surface area (Å²) in [7, 11) is -4.27. The third-order valence-corrected chi connectivity index (χ3v) is 8.11. The number of aromatic nitrogens is 3. The second-order valence-electron chi connectivity index (χ2n) is 9.17. The van der Waals surface area contributed by atoms with Crippen LogP contribution in [-0.2, 0) is 21.6 Å². The van der Waals surface area contributed by atoms with E-state index in [1.165, 1.54) is 16.4 Å². The van der Waals surface area contributed by atoms with Gasteiger partial charge in [-0.25, -0.2) is 13.1 Å². The van der Waals surface area contributed by atoms with Gasteiger partial charge in [-0.05, 0) is 37.8 Å². The summed E-state index contributed by atoms with van der Waals surface area (Å²) in [6, 6.07) is 3.71. The summed E-state index contributed by atoms with van der Waals surface area (Å²) in [5.41, 5.74) is -0.413. The van der Waals surface area contributed by atoms with Crippen LogP contribution in [0.25, 0.3) is 0 Å². The molecule has 2 fully saturated rings. The van der Waals surface area contributed by atoms with Crippen molar-refractivity contribution in [3.8, 4) is 0 Å². The lowest BCUT2D eigenvalue weighted by molar-refractivity contribution is -0.139. The molecule has 30 heavy (non-hydrogen) atoms. The van der Waals surface area contributed by atoms with Crippen LogP contribution >= 0.6 is 0 Å². The normalized spacial score (nSPS) is 25.6. The number of rotatable bonds is 3. The molecule has 2 bridgehead atoms. The van der Waals surface area contributed by atoms with Crippen molar-refractivity contribution in [3.05, 3.63) is 41.7 Å². The molecule has 2 aromatic rings. The first kappa shape index (κ1) is 21.3. The zero-order chi connectivity index (χ0) is 21.9. The average molecular weight is 443 g/mol. The second-order valence-corrected chi connectivity index (χ2v) is 11.0. The van der Waals surface area contributed by atoms with Crippen LogP contribution in [0, 0.1) is 0 Å². The van der Waals surface area contributed by atoms with Crippen LogP contribution in [0.1, 0.15) is 63.8 Å². The van der Waals surface area contributed by atoms with Gasteiger partial charge >= 0.3 is 6.18 Å². The Morgan fingerprint density at radius 1 is 1.00 bits per heavy atom. The lowest BCUT2D eigenvalue weighted by atomic mass is 9.93. The van der Waals surface area contributed by atoms with Gasteiger partial charge in [0.05, 0.1) is 22.2 Å². The Morgan fingerprint density at radius 3 is 2.13 bits per heavy atom. The third-order valence-electron chi connectivity index (χ3n) is 6.04. The molecule has 1 aromatic heterocycles. The summed E-state index contributed by atoms with van der Waals surface area (Å²) in [5, 5.41) is 8.49. The van der Waals surface area contributed by atoms with E-state index < -0.39 is 26.7 Å². The fourth-order valence-electron chi connectivity index (χ4n) is 4.55. The van der Waals surface area contributed by atoms with Crippen LogP contribution in [0.15, 0.2) is 35.4 Å². The van der Waals surface area contributed by atoms with Crippen molar-refractivity contribution >= 4 is 10.0 Å². The van der Waals surface area contributed by atoms with Gasteiger partial charge in [0.2, 0.25) is 10.0 Å². The van der Waals surface area contributed by atoms with Crippen LogP contribution in [0.2, 0.25) is 0 Å². The maximum Gasteiger partial charge on any atom is 0.417 e. The van der Waals surface area contributed by atoms with Crippen LogP contribution < -0.4 is 0 Å². The highest BCUT2D eigenvalue weighted by Gasteiger charge is 2.49. The molecule has 2 unspecified atom stereocenters. The number of alkyl halides is 3. The Morgan fingerprint density at radius 2 is 1.60 bits per heavy atom. The predicted octanol–water partition coefficient (Wildman–Crippen LogP) is 4.15. The number of sulfonamides is 1. The monoisotopic (exact) mass is 442 g/mol. The number of benzene rings is 1. The molecule has 0 radical (unpaired) electrons. The molecule has 4 rings (SSSR count). The van der Waals surface area contributed by atoms with Gasteiger partial charge in [0.25, 0.3) is 0 Å². The van der Waals surface area contributed by atoms with Gasteiger partial charge in [-0.3, -0.25) is 0 Å². The number of hydrogen-bond acceptors (Lipinski definition) is 4. The molecule has 0 amide bonds. The van der Waals surface area contributed by atoms with E-state index in [9.17, 15) is 21.6 Å². The summed E-state index contributed by atoms with van der Waals surface area (Å²) < 4.78 is 70.0. The molecular formula is C20H25F3N4O2S. The largest absolute Gasteiger partial charge is 0.417 e. The van der Waals surface area contributed by atoms with Crippen LogP contribution in [0.4, 0.5) is 13.2 Å². The van der Waals surface area contributed by atoms with E-state index in [2.05, 4.69) is 10.3 Å². The van der Waals surface area contributed by atoms with Gasteiger partial charge in [0.15, 0.2) is 0 Å². The number of halogens is 3. The molecular weight excluding hydrogens is 417 g/mol. The fraction of sp³-hybridized carbons (Fsp3) is 0.600. The van der Waals surface area contributed by atoms with E-state index in [1.807, 2.05) is 27.0 Å². The summed E-state index contributed by atoms with van der Waals surface area (Å²) in [6.45, 7) is 6.12. The Bertz CT molecular complexity index is 1030. The van der Waals surface area contributed by atoms with Gasteiger partial charge in [-0.2, -0.15) is 17.5 Å². The Kier molecular flexibility index (Phi) is 5.00. The first-order valence-corrected chi connectivity index (χ1v) is 11.4. The van der Waals surface area contributed by atoms with Gasteiger partial charge in [-0.15, -0.1) is 5.10 Å². The van der Waals surface area contributed by atoms with Crippen molar-refractivity contribution < 1.29 is 21.6 Å². The molecule has 0 aliphatic carbocycles. The molecule has 2 aliphatic heterocycles. The molecule has 0 N–H and O–H groups in total. The van der Waals surface area contributed by atoms with Crippen molar-refractivity contribution in [2.24, 2.45) is 0 Å². The van der Waals surface area contributed by atoms with E-state index in [0.29, 0.717) is 25.7 Å². The molecule has 10 heteroatoms. The standard InChI is InChI=1S/C20H25F3N4O2S/c1-19(2,3)18-12-26(25-24-18)15-10-13-8-9-14(11-15)27(13)30(28,29)17-7-5-4-6-16(17)20(21,22)23/h4-7,12-15H,8-11H2,1-3H3. The fourth-order valence-corrected chi connectivity index (χ4v) is 6.66. The third kappa shape index (κ3) is 3.64. The zero-order valence-electron chi connectivity index (χ0n) is 17.1. The average Bonchev–Trinajstić information content (AvgIpc) is 3.25. The first-order chi connectivity index (χ1) is 13.9. The van der Waals surface area contributed by atoms with Crippen molar-refractivity contribution in [2.45, 2.75) is 81.1 Å². The summed E-state index contributed by atoms with van der Waals surface area (Å²) >= 11 is 0.